The number of H-pyrrole nitrogens is 1. The topological polar surface area (TPSA) is 522 Å². The molecule has 1 aromatic heterocycles. The minimum Gasteiger partial charge on any atom is -0.496 e. The lowest BCUT2D eigenvalue weighted by Crippen LogP contribution is -2.64. The summed E-state index contributed by atoms with van der Waals surface area (Å²) < 4.78 is 66.9. The van der Waals surface area contributed by atoms with Gasteiger partial charge in [-0.25, -0.2) is 9.59 Å². The average molecular weight is 2140 g/mol. The molecule has 13 N–H and O–H groups in total. The summed E-state index contributed by atoms with van der Waals surface area (Å²) in [6, 6.07) is 11.1. The Hall–Kier alpha value is -9.46. The number of imide groups is 1. The summed E-state index contributed by atoms with van der Waals surface area (Å²) in [6.07, 6.45) is -7.01. The van der Waals surface area contributed by atoms with E-state index in [2.05, 4.69) is 55.4 Å². The fourth-order valence-corrected chi connectivity index (χ4v) is 22.2. The number of carbonyl (C=O) groups excluding carboxylic acids is 12. The first kappa shape index (κ1) is 113. The Morgan fingerprint density at radius 2 is 1.52 bits per heavy atom. The number of methoxy groups -OCH3 is 3. The maximum absolute atomic E-state index is 14.7. The lowest BCUT2D eigenvalue weighted by atomic mass is 9.72. The number of aromatic nitrogens is 1. The minimum absolute atomic E-state index is 0.0134. The Balaban J connectivity index is 0.680. The molecule has 4 saturated heterocycles. The van der Waals surface area contributed by atoms with Crippen LogP contribution in [-0.4, -0.2) is 273 Å². The number of ether oxygens (including phenoxy) is 11. The van der Waals surface area contributed by atoms with Crippen LogP contribution in [-0.2, 0) is 104 Å². The van der Waals surface area contributed by atoms with Crippen LogP contribution in [0.4, 0.5) is 15.3 Å². The van der Waals surface area contributed by atoms with Gasteiger partial charge in [-0.2, -0.15) is 5.48 Å². The van der Waals surface area contributed by atoms with E-state index in [1.54, 1.807) is 71.2 Å². The summed E-state index contributed by atoms with van der Waals surface area (Å²) >= 11 is 2.88. The van der Waals surface area contributed by atoms with Crippen LogP contribution in [0.3, 0.4) is 0 Å². The normalized spacial score (nSPS) is 26.9. The molecule has 7 amide bonds. The molecule has 37 nitrogen and oxygen atoms in total. The molecule has 772 valence electrons. The van der Waals surface area contributed by atoms with Crippen molar-refractivity contribution in [1.82, 2.24) is 31.3 Å². The maximum Gasteiger partial charge on any atom is 0.407 e. The predicted molar refractivity (Wildman–Crippen MR) is 534 cm³/mol. The fourth-order valence-electron chi connectivity index (χ4n) is 17.9. The van der Waals surface area contributed by atoms with Gasteiger partial charge in [-0.1, -0.05) is 107 Å². The van der Waals surface area contributed by atoms with E-state index in [0.29, 0.717) is 58.1 Å². The summed E-state index contributed by atoms with van der Waals surface area (Å²) in [6.45, 7) is 16.2. The summed E-state index contributed by atoms with van der Waals surface area (Å²) in [5, 5.41) is 69.8. The third-order valence-corrected chi connectivity index (χ3v) is 31.8. The van der Waals surface area contributed by atoms with Crippen LogP contribution < -0.4 is 42.0 Å². The van der Waals surface area contributed by atoms with E-state index in [-0.39, 0.29) is 178 Å². The van der Waals surface area contributed by atoms with Crippen molar-refractivity contribution < 1.29 is 140 Å². The number of aromatic amines is 1. The van der Waals surface area contributed by atoms with Crippen LogP contribution >= 0.6 is 55.9 Å². The van der Waals surface area contributed by atoms with Gasteiger partial charge in [-0.15, -0.1) is 0 Å². The SMILES string of the molecule is COC(=O)CC1=C2/C(=C\CSSC(C)(C)CCC(=O)CCCNC(=O)OCc3ccc(NC(=O)[C@H](CCCNC(N)=O)CC(=O)[C@H](Cc4c[nH]c5ccccc45)NC(=O)CCCCCN4C(=O)C=CC4=O)cc3)[C@](O)(C#C/C=C\C#C[C@@H]2OC2OC(C)C(NOC3CC(O)C(SC(=O)c4c(C)c(I)c(OC5OC(C)C(O)C(OC)C5O)c(C)c4OC)C(C)O3)C(O)C2OC2CC(C)C(CC(C)=O)CO2)CC1=O. The number of alkyl carbamates (subject to hydrolysis) is 1. The molecule has 3 aromatic carbocycles. The average Bonchev–Trinajstić information content (AvgIpc) is 0.807. The van der Waals surface area contributed by atoms with Crippen LogP contribution in [0.1, 0.15) is 184 Å². The second-order valence-corrected chi connectivity index (χ2v) is 42.3. The number of ketones is 4. The summed E-state index contributed by atoms with van der Waals surface area (Å²) in [5.41, 5.74) is 9.67. The Kier molecular flexibility index (Phi) is 42.2. The van der Waals surface area contributed by atoms with Crippen molar-refractivity contribution in [3.05, 3.63) is 133 Å². The number of thioether (sulfide) groups is 1. The highest BCUT2D eigenvalue weighted by atomic mass is 127. The number of allylic oxidation sites excluding steroid dienone is 2. The minimum atomic E-state index is -2.19. The number of benzene rings is 3. The number of halogens is 1. The van der Waals surface area contributed by atoms with Gasteiger partial charge in [0.1, 0.15) is 66.3 Å². The van der Waals surface area contributed by atoms with Gasteiger partial charge >= 0.3 is 18.1 Å². The van der Waals surface area contributed by atoms with E-state index in [1.807, 2.05) is 67.6 Å². The molecule has 7 aliphatic rings. The number of primary amides is 1. The predicted octanol–water partition coefficient (Wildman–Crippen LogP) is 9.20. The molecule has 142 heavy (non-hydrogen) atoms. The Morgan fingerprint density at radius 3 is 2.23 bits per heavy atom. The first-order valence-electron chi connectivity index (χ1n) is 47.5. The Labute approximate surface area is 850 Å². The lowest BCUT2D eigenvalue weighted by molar-refractivity contribution is -0.335. The van der Waals surface area contributed by atoms with E-state index >= 15 is 0 Å². The molecule has 5 aliphatic heterocycles. The number of rotatable bonds is 48. The van der Waals surface area contributed by atoms with E-state index in [4.69, 9.17) is 62.7 Å². The van der Waals surface area contributed by atoms with Crippen molar-refractivity contribution in [2.75, 3.05) is 58.6 Å². The van der Waals surface area contributed by atoms with Gasteiger partial charge in [-0.3, -0.25) is 52.9 Å². The number of nitrogens with two attached hydrogens (primary N) is 1. The van der Waals surface area contributed by atoms with E-state index in [1.165, 1.54) is 67.0 Å². The number of Topliss-reactive ketones (excluding diaryl/α,β-unsaturated/α-hetero) is 4. The van der Waals surface area contributed by atoms with E-state index < -0.39 is 173 Å². The van der Waals surface area contributed by atoms with Gasteiger partial charge in [0.05, 0.1) is 84.6 Å². The van der Waals surface area contributed by atoms with Gasteiger partial charge < -0.3 is 114 Å². The third kappa shape index (κ3) is 30.6. The van der Waals surface area contributed by atoms with Crippen molar-refractivity contribution in [2.24, 2.45) is 23.5 Å². The number of nitrogens with zero attached hydrogens (tertiary/aromatic N) is 1. The standard InChI is InChI=1S/C101H129IN8O29S3/c1-54-44-80(131-53-64(54)45-55(2)111)137-92-87(121)85(109-139-81-49-73(114)93(60(7)133-81)141-95(124)82-56(3)84(102)90(57(4)89(82)129-11)138-96-88(122)91(130-12)86(120)59(6)135-96)58(5)134-97(92)136-75-28-16-13-14-20-38-101(127)50-74(115)68(48-79(119)128-10)83(75)69(101)37-43-140-142-100(8,9)39-36-66(112)25-23-41-105-99(126)132-52-61-30-32-65(33-31-61)107-94(123)62(24-22-40-104-98(103)125)47-72(113)71(46-63-51-106-70-27-19-18-26-67(63)70)108-76(116)29-17-15-21-42-110-77(117)34-35-78(110)118/h13-14,18-19,26-27,30-35,37,51,54,58-60,62,64,71,73,75,80-81,85-88,91-93,96-97,106,109,114,120-122,127H,15,17,21-25,29,36,39-50,52-53H2,1-12H3,(H,105,126)(H,107,123)(H,108,116)(H3,103,104,125)/b14-13-,69-37+/t54?,58?,59?,60?,62-,64?,71+,73?,75+,80?,81?,85?,86?,87?,88?,91?,92?,93?,96?,97?,101+/m1/s1. The van der Waals surface area contributed by atoms with Crippen molar-refractivity contribution in [1.29, 1.82) is 0 Å². The van der Waals surface area contributed by atoms with Gasteiger partial charge in [0.25, 0.3) is 11.8 Å². The number of unbranched alkanes of at least 4 members (excludes halogenated alkanes) is 2. The van der Waals surface area contributed by atoms with E-state index in [9.17, 15) is 83.1 Å². The number of hydrogen-bond donors (Lipinski definition) is 12. The number of hydrogen-bond acceptors (Lipinski definition) is 33. The number of hydroxylamine groups is 1. The number of amides is 7. The number of aliphatic hydroxyl groups is 5. The molecule has 0 radical (unpaired) electrons. The highest BCUT2D eigenvalue weighted by Gasteiger charge is 2.53. The van der Waals surface area contributed by atoms with Gasteiger partial charge in [0.15, 0.2) is 36.0 Å². The molecule has 0 spiro atoms. The van der Waals surface area contributed by atoms with Crippen LogP contribution in [0.5, 0.6) is 11.5 Å². The Morgan fingerprint density at radius 1 is 0.796 bits per heavy atom. The highest BCUT2D eigenvalue weighted by Crippen LogP contribution is 2.47. The van der Waals surface area contributed by atoms with E-state index in [0.717, 1.165) is 40.2 Å². The second kappa shape index (κ2) is 53.1. The molecule has 17 unspecified atom stereocenters. The summed E-state index contributed by atoms with van der Waals surface area (Å²) in [5.74, 6) is 7.50. The summed E-state index contributed by atoms with van der Waals surface area (Å²) in [4.78, 5) is 170. The molecule has 11 rings (SSSR count). The molecular formula is C101H129IN8O29S3. The number of nitrogens with one attached hydrogen (secondary N) is 6. The number of anilines is 1. The first-order chi connectivity index (χ1) is 67.7. The Bertz CT molecular complexity index is 5450. The zero-order valence-electron chi connectivity index (χ0n) is 81.6. The number of aliphatic hydroxyl groups excluding tert-OH is 4. The smallest absolute Gasteiger partial charge is 0.407 e. The lowest BCUT2D eigenvalue weighted by Gasteiger charge is -2.46. The van der Waals surface area contributed by atoms with Crippen LogP contribution in [0, 0.1) is 58.9 Å². The zero-order valence-corrected chi connectivity index (χ0v) is 86.2. The van der Waals surface area contributed by atoms with Crippen LogP contribution in [0.25, 0.3) is 10.9 Å². The second-order valence-electron chi connectivity index (χ2n) is 37.0. The first-order valence-corrected chi connectivity index (χ1v) is 51.8. The molecular weight excluding hydrogens is 2010 g/mol. The van der Waals surface area contributed by atoms with Crippen LogP contribution in [0.15, 0.2) is 102 Å². The molecule has 41 heteroatoms. The van der Waals surface area contributed by atoms with Crippen LogP contribution in [0.2, 0.25) is 0 Å². The quantitative estimate of drug-likeness (QED) is 0.00373. The number of carbonyl (C=O) groups is 12. The van der Waals surface area contributed by atoms with Crippen molar-refractivity contribution in [3.8, 4) is 35.2 Å². The fraction of sp³-hybridized carbons (Fsp3) is 0.564. The molecule has 2 bridgehead atoms. The van der Waals surface area contributed by atoms with Gasteiger partial charge in [-0.05, 0) is 175 Å². The van der Waals surface area contributed by atoms with Crippen molar-refractivity contribution >= 4 is 143 Å². The largest absolute Gasteiger partial charge is 0.496 e. The van der Waals surface area contributed by atoms with Gasteiger partial charge in [0.2, 0.25) is 23.2 Å². The molecule has 21 atom stereocenters. The number of esters is 1. The molecule has 4 fully saturated rings. The van der Waals surface area contributed by atoms with Crippen molar-refractivity contribution in [3.63, 3.8) is 0 Å². The molecule has 6 heterocycles. The monoisotopic (exact) mass is 2140 g/mol. The summed E-state index contributed by atoms with van der Waals surface area (Å²) in [7, 11) is 6.76. The number of para-hydroxylation sites is 1. The van der Waals surface area contributed by atoms with Crippen molar-refractivity contribution in [2.45, 2.75) is 292 Å². The number of urea groups is 1. The maximum atomic E-state index is 14.7. The van der Waals surface area contributed by atoms with Gasteiger partial charge in [0, 0.05) is 152 Å². The molecule has 4 aromatic rings. The molecule has 0 saturated carbocycles. The zero-order chi connectivity index (χ0) is 103. The number of fused-ring (bicyclic) bond motifs is 3. The highest BCUT2D eigenvalue weighted by molar-refractivity contribution is 14.1. The third-order valence-electron chi connectivity index (χ3n) is 25.9. The molecule has 2 aliphatic carbocycles.